The van der Waals surface area contributed by atoms with E-state index in [1.54, 1.807) is 13.0 Å². The fourth-order valence-corrected chi connectivity index (χ4v) is 2.48. The Morgan fingerprint density at radius 3 is 2.46 bits per heavy atom. The van der Waals surface area contributed by atoms with Crippen LogP contribution in [-0.4, -0.2) is 26.0 Å². The van der Waals surface area contributed by atoms with Gasteiger partial charge in [-0.1, -0.05) is 13.5 Å². The number of esters is 1. The van der Waals surface area contributed by atoms with E-state index >= 15 is 0 Å². The van der Waals surface area contributed by atoms with E-state index in [2.05, 4.69) is 6.58 Å². The number of fused-ring (bicyclic) bond motifs is 1. The lowest BCUT2D eigenvalue weighted by molar-refractivity contribution is -0.154. The van der Waals surface area contributed by atoms with Crippen molar-refractivity contribution < 1.29 is 28.2 Å². The first-order valence-corrected chi connectivity index (χ1v) is 7.91. The molecule has 1 atom stereocenters. The molecule has 0 N–H and O–H groups in total. The number of methoxy groups -OCH3 is 2. The van der Waals surface area contributed by atoms with Crippen LogP contribution in [0.5, 0.6) is 11.5 Å². The minimum atomic E-state index is -1.38. The number of hydrogen-bond acceptors (Lipinski definition) is 7. The Morgan fingerprint density at radius 1 is 1.23 bits per heavy atom. The van der Waals surface area contributed by atoms with Gasteiger partial charge in [-0.05, 0) is 24.6 Å². The zero-order valence-electron chi connectivity index (χ0n) is 15.1. The van der Waals surface area contributed by atoms with Gasteiger partial charge in [0.2, 0.25) is 5.78 Å². The van der Waals surface area contributed by atoms with Crippen molar-refractivity contribution >= 4 is 22.7 Å². The Labute approximate surface area is 150 Å². The Hall–Kier alpha value is -3.09. The fourth-order valence-electron chi connectivity index (χ4n) is 2.48. The summed E-state index contributed by atoms with van der Waals surface area (Å²) in [6, 6.07) is 4.37. The number of carbonyl (C=O) groups is 2. The number of Topliss-reactive ketones (excluding diaryl/α,β-unsaturated/α-hetero) is 1. The fraction of sp³-hybridized carbons (Fsp3) is 0.316. The highest BCUT2D eigenvalue weighted by atomic mass is 16.6. The van der Waals surface area contributed by atoms with Crippen molar-refractivity contribution in [2.45, 2.75) is 26.4 Å². The van der Waals surface area contributed by atoms with Crippen LogP contribution in [0.15, 0.2) is 39.6 Å². The molecule has 2 aromatic rings. The van der Waals surface area contributed by atoms with Gasteiger partial charge in [0.1, 0.15) is 5.58 Å². The predicted octanol–water partition coefficient (Wildman–Crippen LogP) is 2.95. The second-order valence-electron chi connectivity index (χ2n) is 5.57. The molecule has 0 fully saturated rings. The lowest BCUT2D eigenvalue weighted by Crippen LogP contribution is -2.21. The highest BCUT2D eigenvalue weighted by Crippen LogP contribution is 2.42. The van der Waals surface area contributed by atoms with Crippen molar-refractivity contribution in [3.8, 4) is 11.5 Å². The van der Waals surface area contributed by atoms with Crippen LogP contribution in [0, 0.1) is 0 Å². The Morgan fingerprint density at radius 2 is 1.92 bits per heavy atom. The van der Waals surface area contributed by atoms with Gasteiger partial charge in [-0.2, -0.15) is 0 Å². The zero-order chi connectivity index (χ0) is 19.4. The second kappa shape index (κ2) is 7.86. The first-order chi connectivity index (χ1) is 12.3. The molecule has 0 radical (unpaired) electrons. The summed E-state index contributed by atoms with van der Waals surface area (Å²) in [6.45, 7) is 6.73. The molecule has 1 heterocycles. The van der Waals surface area contributed by atoms with E-state index in [1.165, 1.54) is 33.3 Å². The molecule has 0 saturated carbocycles. The van der Waals surface area contributed by atoms with Crippen molar-refractivity contribution in [2.75, 3.05) is 14.2 Å². The van der Waals surface area contributed by atoms with Gasteiger partial charge in [0, 0.05) is 17.9 Å². The second-order valence-corrected chi connectivity index (χ2v) is 5.57. The zero-order valence-corrected chi connectivity index (χ0v) is 15.1. The molecule has 0 bridgehead atoms. The number of benzene rings is 1. The van der Waals surface area contributed by atoms with Gasteiger partial charge in [0.25, 0.3) is 0 Å². The minimum Gasteiger partial charge on any atom is -0.493 e. The highest BCUT2D eigenvalue weighted by Gasteiger charge is 2.33. The van der Waals surface area contributed by atoms with Gasteiger partial charge in [-0.25, -0.2) is 4.79 Å². The maximum absolute atomic E-state index is 12.7. The molecular formula is C19H20O7. The lowest BCUT2D eigenvalue weighted by atomic mass is 9.97. The summed E-state index contributed by atoms with van der Waals surface area (Å²) in [6.07, 6.45) is -1.31. The number of hydrogen-bond donors (Lipinski definition) is 0. The molecule has 7 heteroatoms. The van der Waals surface area contributed by atoms with Gasteiger partial charge in [-0.15, -0.1) is 0 Å². The summed E-state index contributed by atoms with van der Waals surface area (Å²) >= 11 is 0. The summed E-state index contributed by atoms with van der Waals surface area (Å²) in [5, 5.41) is 0.490. The van der Waals surface area contributed by atoms with Crippen LogP contribution in [0.25, 0.3) is 11.0 Å². The Bertz CT molecular complexity index is 923. The average Bonchev–Trinajstić information content (AvgIpc) is 2.63. The molecule has 26 heavy (non-hydrogen) atoms. The topological polar surface area (TPSA) is 92.0 Å². The smallest absolute Gasteiger partial charge is 0.336 e. The normalized spacial score (nSPS) is 11.7. The summed E-state index contributed by atoms with van der Waals surface area (Å²) in [5.74, 6) is -0.694. The number of ether oxygens (including phenoxy) is 3. The van der Waals surface area contributed by atoms with Crippen LogP contribution < -0.4 is 15.1 Å². The van der Waals surface area contributed by atoms with Crippen LogP contribution in [0.2, 0.25) is 0 Å². The number of ketones is 1. The van der Waals surface area contributed by atoms with Crippen LogP contribution in [-0.2, 0) is 14.3 Å². The predicted molar refractivity (Wildman–Crippen MR) is 94.5 cm³/mol. The summed E-state index contributed by atoms with van der Waals surface area (Å²) in [5.41, 5.74) is -0.252. The first kappa shape index (κ1) is 19.2. The average molecular weight is 360 g/mol. The van der Waals surface area contributed by atoms with Crippen LogP contribution in [0.3, 0.4) is 0 Å². The molecule has 1 aromatic heterocycles. The quantitative estimate of drug-likeness (QED) is 0.426. The van der Waals surface area contributed by atoms with Crippen molar-refractivity contribution in [1.82, 2.24) is 0 Å². The number of rotatable bonds is 7. The SMILES string of the molecule is C=C(C)C(=O)C(OC(=O)CC)c1c(OC)c(OC)cc2ccc(=O)oc12. The van der Waals surface area contributed by atoms with E-state index in [0.29, 0.717) is 11.1 Å². The van der Waals surface area contributed by atoms with Gasteiger partial charge in [0.05, 0.1) is 19.8 Å². The standard InChI is InChI=1S/C19H20O7/c1-6-13(20)25-19(16(22)10(2)3)15-17-11(7-8-14(21)26-17)9-12(23-4)18(15)24-5/h7-9,19H,2,6H2,1,3-5H3. The molecule has 2 rings (SSSR count). The van der Waals surface area contributed by atoms with E-state index in [0.717, 1.165) is 0 Å². The summed E-state index contributed by atoms with van der Waals surface area (Å²) in [4.78, 5) is 36.4. The first-order valence-electron chi connectivity index (χ1n) is 7.91. The molecule has 0 spiro atoms. The summed E-state index contributed by atoms with van der Waals surface area (Å²) < 4.78 is 21.3. The van der Waals surface area contributed by atoms with Crippen LogP contribution in [0.4, 0.5) is 0 Å². The molecule has 7 nitrogen and oxygen atoms in total. The largest absolute Gasteiger partial charge is 0.493 e. The molecule has 0 aliphatic rings. The monoisotopic (exact) mass is 360 g/mol. The molecule has 1 unspecified atom stereocenters. The molecular weight excluding hydrogens is 340 g/mol. The third-order valence-corrected chi connectivity index (χ3v) is 3.75. The van der Waals surface area contributed by atoms with Crippen LogP contribution in [0.1, 0.15) is 31.9 Å². The molecule has 0 saturated heterocycles. The maximum atomic E-state index is 12.7. The van der Waals surface area contributed by atoms with Crippen molar-refractivity contribution in [1.29, 1.82) is 0 Å². The number of carbonyl (C=O) groups excluding carboxylic acids is 2. The lowest BCUT2D eigenvalue weighted by Gasteiger charge is -2.21. The molecule has 0 aliphatic carbocycles. The van der Waals surface area contributed by atoms with Crippen molar-refractivity contribution in [3.63, 3.8) is 0 Å². The summed E-state index contributed by atoms with van der Waals surface area (Å²) in [7, 11) is 2.80. The van der Waals surface area contributed by atoms with Gasteiger partial charge >= 0.3 is 11.6 Å². The van der Waals surface area contributed by atoms with Crippen LogP contribution >= 0.6 is 0 Å². The van der Waals surface area contributed by atoms with Gasteiger partial charge < -0.3 is 18.6 Å². The van der Waals surface area contributed by atoms with E-state index in [9.17, 15) is 14.4 Å². The molecule has 138 valence electrons. The van der Waals surface area contributed by atoms with E-state index in [1.807, 2.05) is 0 Å². The van der Waals surface area contributed by atoms with E-state index in [4.69, 9.17) is 18.6 Å². The van der Waals surface area contributed by atoms with E-state index in [-0.39, 0.29) is 28.9 Å². The highest BCUT2D eigenvalue weighted by molar-refractivity contribution is 6.02. The Kier molecular flexibility index (Phi) is 5.82. The molecule has 0 amide bonds. The molecule has 1 aromatic carbocycles. The van der Waals surface area contributed by atoms with Crippen molar-refractivity contribution in [3.05, 3.63) is 46.3 Å². The van der Waals surface area contributed by atoms with Gasteiger partial charge in [-0.3, -0.25) is 9.59 Å². The minimum absolute atomic E-state index is 0.0636. The van der Waals surface area contributed by atoms with Gasteiger partial charge in [0.15, 0.2) is 17.6 Å². The third-order valence-electron chi connectivity index (χ3n) is 3.75. The third kappa shape index (κ3) is 3.61. The maximum Gasteiger partial charge on any atom is 0.336 e. The van der Waals surface area contributed by atoms with E-state index < -0.39 is 23.5 Å². The molecule has 0 aliphatic heterocycles. The van der Waals surface area contributed by atoms with Crippen molar-refractivity contribution in [2.24, 2.45) is 0 Å². The Balaban J connectivity index is 2.89.